The number of piperazine rings is 2. The molecule has 16 heteroatoms. The molecule has 4 N–H and O–H groups in total. The first-order chi connectivity index (χ1) is 40.6. The summed E-state index contributed by atoms with van der Waals surface area (Å²) >= 11 is 0. The molecule has 0 aliphatic carbocycles. The second kappa shape index (κ2) is 28.2. The topological polar surface area (TPSA) is 128 Å². The number of fused-ring (bicyclic) bond motifs is 2. The van der Waals surface area contributed by atoms with Crippen LogP contribution in [0.2, 0.25) is 0 Å². The van der Waals surface area contributed by atoms with E-state index in [1.54, 1.807) is 60.7 Å². The fraction of sp³-hybridized carbons (Fsp3) is 0.333. The number of hydrogen-bond acceptors (Lipinski definition) is 8. The van der Waals surface area contributed by atoms with Gasteiger partial charge in [-0.05, 0) is 143 Å². The summed E-state index contributed by atoms with van der Waals surface area (Å²) in [6, 6.07) is 41.6. The number of aryl methyl sites for hydroxylation is 4. The van der Waals surface area contributed by atoms with Gasteiger partial charge in [0.05, 0.1) is 11.1 Å². The Hall–Kier alpha value is -8.08. The molecule has 8 aromatic carbocycles. The monoisotopic (exact) mass is 1170 g/mol. The molecule has 2 aliphatic rings. The van der Waals surface area contributed by atoms with Gasteiger partial charge in [0.15, 0.2) is 0 Å². The first-order valence-corrected chi connectivity index (χ1v) is 29.0. The molecule has 0 aromatic heterocycles. The molecule has 0 unspecified atom stereocenters. The third kappa shape index (κ3) is 16.2. The Morgan fingerprint density at radius 3 is 1.19 bits per heavy atom. The number of aromatic carboxylic acids is 2. The standard InChI is InChI=1S/2C23H29F3N2.C23H16O6/c2*1-3-5-20-16-19(9-8-18(20)2)10-11-27-12-14-28(15-13-27)22-7-4-6-21(17-22)23(24,25)26;24-20-16(14-7-3-1-5-12(14)9-18(20)22(26)27)11-17-15-8-4-2-6-13(15)10-19(21(17)25)23(28)29/h2*4,6-9,16-17H,3,5,10-15H2,1-2H3;1-10,24-25H,11H2,(H,26,27)(H,28,29). The minimum absolute atomic E-state index is 0.0407. The molecule has 10 rings (SSSR count). The number of alkyl halides is 6. The average Bonchev–Trinajstić information content (AvgIpc) is 1.48. The number of rotatable bonds is 16. The minimum Gasteiger partial charge on any atom is -0.507 e. The van der Waals surface area contributed by atoms with Crippen molar-refractivity contribution < 1.29 is 56.4 Å². The van der Waals surface area contributed by atoms with Gasteiger partial charge in [-0.25, -0.2) is 9.59 Å². The van der Waals surface area contributed by atoms with Crippen LogP contribution in [0.1, 0.15) is 103 Å². The number of carboxylic acids is 2. The SMILES string of the molecule is CCCc1cc(CCN2CCN(c3cccc(C(F)(F)F)c3)CC2)ccc1C.CCCc1cc(CCN2CCN(c3cccc(C(F)(F)F)c3)CC2)ccc1C.O=C(O)c1cc2ccccc2c(Cc2c(O)c(C(=O)O)cc3ccccc23)c1O. The summed E-state index contributed by atoms with van der Waals surface area (Å²) in [5.41, 5.74) is 8.63. The van der Waals surface area contributed by atoms with Gasteiger partial charge in [0.25, 0.3) is 0 Å². The fourth-order valence-corrected chi connectivity index (χ4v) is 11.3. The van der Waals surface area contributed by atoms with Gasteiger partial charge >= 0.3 is 24.3 Å². The summed E-state index contributed by atoms with van der Waals surface area (Å²) in [6.45, 7) is 17.3. The van der Waals surface area contributed by atoms with E-state index in [4.69, 9.17) is 0 Å². The number of aromatic hydroxyl groups is 2. The van der Waals surface area contributed by atoms with Crippen molar-refractivity contribution in [3.8, 4) is 11.5 Å². The fourth-order valence-electron chi connectivity index (χ4n) is 11.3. The molecule has 448 valence electrons. The van der Waals surface area contributed by atoms with Crippen molar-refractivity contribution in [3.05, 3.63) is 212 Å². The van der Waals surface area contributed by atoms with Crippen molar-refractivity contribution in [2.24, 2.45) is 0 Å². The number of hydrogen-bond donors (Lipinski definition) is 4. The van der Waals surface area contributed by atoms with Gasteiger partial charge in [-0.1, -0.05) is 124 Å². The molecule has 0 saturated carbocycles. The average molecular weight is 1170 g/mol. The molecule has 2 heterocycles. The highest BCUT2D eigenvalue weighted by molar-refractivity contribution is 6.02. The van der Waals surface area contributed by atoms with E-state index in [1.165, 1.54) is 69.8 Å². The Kier molecular flexibility index (Phi) is 20.9. The van der Waals surface area contributed by atoms with Crippen LogP contribution < -0.4 is 9.80 Å². The highest BCUT2D eigenvalue weighted by atomic mass is 19.4. The van der Waals surface area contributed by atoms with Crippen molar-refractivity contribution >= 4 is 44.9 Å². The molecule has 10 nitrogen and oxygen atoms in total. The van der Waals surface area contributed by atoms with Crippen molar-refractivity contribution in [1.82, 2.24) is 9.80 Å². The Morgan fingerprint density at radius 2 is 0.835 bits per heavy atom. The Labute approximate surface area is 493 Å². The predicted molar refractivity (Wildman–Crippen MR) is 326 cm³/mol. The third-order valence-electron chi connectivity index (χ3n) is 16.2. The Balaban J connectivity index is 0.000000166. The van der Waals surface area contributed by atoms with E-state index < -0.39 is 46.9 Å². The molecular formula is C69H74F6N4O6. The van der Waals surface area contributed by atoms with Crippen LogP contribution in [-0.2, 0) is 44.5 Å². The molecule has 0 bridgehead atoms. The van der Waals surface area contributed by atoms with Gasteiger partial charge in [-0.15, -0.1) is 0 Å². The van der Waals surface area contributed by atoms with E-state index in [0.29, 0.717) is 44.0 Å². The first-order valence-electron chi connectivity index (χ1n) is 29.0. The normalized spacial score (nSPS) is 14.2. The molecule has 2 aliphatic heterocycles. The molecule has 0 atom stereocenters. The maximum atomic E-state index is 12.9. The van der Waals surface area contributed by atoms with Crippen LogP contribution in [0.3, 0.4) is 0 Å². The van der Waals surface area contributed by atoms with Crippen LogP contribution in [0.5, 0.6) is 11.5 Å². The smallest absolute Gasteiger partial charge is 0.416 e. The van der Waals surface area contributed by atoms with Gasteiger partial charge < -0.3 is 30.2 Å². The maximum absolute atomic E-state index is 12.9. The number of carboxylic acid groups (broad SMARTS) is 2. The molecule has 0 amide bonds. The number of carbonyl (C=O) groups is 2. The van der Waals surface area contributed by atoms with E-state index in [1.807, 2.05) is 0 Å². The van der Waals surface area contributed by atoms with Crippen molar-refractivity contribution in [3.63, 3.8) is 0 Å². The number of phenols is 2. The minimum atomic E-state index is -4.29. The zero-order valence-electron chi connectivity index (χ0n) is 48.5. The Bertz CT molecular complexity index is 3370. The van der Waals surface area contributed by atoms with E-state index in [9.17, 15) is 56.4 Å². The summed E-state index contributed by atoms with van der Waals surface area (Å²) in [6.07, 6.45) is -2.04. The zero-order chi connectivity index (χ0) is 61.0. The summed E-state index contributed by atoms with van der Waals surface area (Å²) in [5.74, 6) is -3.36. The molecule has 0 radical (unpaired) electrons. The lowest BCUT2D eigenvalue weighted by Crippen LogP contribution is -2.47. The lowest BCUT2D eigenvalue weighted by Gasteiger charge is -2.36. The van der Waals surface area contributed by atoms with Crippen LogP contribution in [-0.4, -0.2) is 108 Å². The van der Waals surface area contributed by atoms with E-state index >= 15 is 0 Å². The second-order valence-electron chi connectivity index (χ2n) is 22.0. The summed E-state index contributed by atoms with van der Waals surface area (Å²) < 4.78 is 77.6. The van der Waals surface area contributed by atoms with Crippen LogP contribution in [0.15, 0.2) is 146 Å². The van der Waals surface area contributed by atoms with E-state index in [2.05, 4.69) is 83.7 Å². The highest BCUT2D eigenvalue weighted by Gasteiger charge is 2.33. The van der Waals surface area contributed by atoms with Gasteiger partial charge in [-0.3, -0.25) is 9.80 Å². The lowest BCUT2D eigenvalue weighted by atomic mass is 9.90. The quantitative estimate of drug-likeness (QED) is 0.0695. The number of anilines is 2. The largest absolute Gasteiger partial charge is 0.507 e. The molecule has 85 heavy (non-hydrogen) atoms. The number of benzene rings is 8. The number of nitrogens with zero attached hydrogens (tertiary/aromatic N) is 4. The highest BCUT2D eigenvalue weighted by Crippen LogP contribution is 2.39. The van der Waals surface area contributed by atoms with Crippen molar-refractivity contribution in [2.45, 2.75) is 85.0 Å². The summed E-state index contributed by atoms with van der Waals surface area (Å²) in [4.78, 5) is 32.1. The molecule has 2 fully saturated rings. The predicted octanol–water partition coefficient (Wildman–Crippen LogP) is 15.1. The van der Waals surface area contributed by atoms with Crippen LogP contribution in [0.25, 0.3) is 21.5 Å². The van der Waals surface area contributed by atoms with Crippen LogP contribution in [0.4, 0.5) is 37.7 Å². The van der Waals surface area contributed by atoms with Crippen LogP contribution >= 0.6 is 0 Å². The van der Waals surface area contributed by atoms with E-state index in [-0.39, 0.29) is 17.5 Å². The number of halogens is 6. The zero-order valence-corrected chi connectivity index (χ0v) is 48.5. The van der Waals surface area contributed by atoms with Crippen molar-refractivity contribution in [1.29, 1.82) is 0 Å². The van der Waals surface area contributed by atoms with Crippen LogP contribution in [0, 0.1) is 13.8 Å². The Morgan fingerprint density at radius 1 is 0.459 bits per heavy atom. The van der Waals surface area contributed by atoms with Crippen molar-refractivity contribution in [2.75, 3.05) is 75.2 Å². The van der Waals surface area contributed by atoms with Gasteiger partial charge in [0.1, 0.15) is 22.6 Å². The molecule has 2 saturated heterocycles. The third-order valence-corrected chi connectivity index (χ3v) is 16.2. The summed E-state index contributed by atoms with van der Waals surface area (Å²) in [7, 11) is 0. The molecular weight excluding hydrogens is 1090 g/mol. The molecule has 0 spiro atoms. The first kappa shape index (κ1) is 63.0. The summed E-state index contributed by atoms with van der Waals surface area (Å²) in [5, 5.41) is 42.8. The van der Waals surface area contributed by atoms with Gasteiger partial charge in [0, 0.05) is 94.4 Å². The maximum Gasteiger partial charge on any atom is 0.416 e. The lowest BCUT2D eigenvalue weighted by molar-refractivity contribution is -0.138. The van der Waals surface area contributed by atoms with Gasteiger partial charge in [-0.2, -0.15) is 26.3 Å². The molecule has 8 aromatic rings. The second-order valence-corrected chi connectivity index (χ2v) is 22.0. The van der Waals surface area contributed by atoms with E-state index in [0.717, 1.165) is 116 Å². The van der Waals surface area contributed by atoms with Gasteiger partial charge in [0.2, 0.25) is 0 Å².